The zero-order valence-electron chi connectivity index (χ0n) is 20.5. The zero-order chi connectivity index (χ0) is 24.2. The molecule has 0 heterocycles. The Kier molecular flexibility index (Phi) is 4.69. The minimum atomic E-state index is 1.31. The van der Waals surface area contributed by atoms with Crippen molar-refractivity contribution < 1.29 is 0 Å². The summed E-state index contributed by atoms with van der Waals surface area (Å²) in [6.45, 7) is 4.34. The second-order valence-electron chi connectivity index (χ2n) is 9.88. The highest BCUT2D eigenvalue weighted by atomic mass is 14.1. The molecule has 8 aromatic carbocycles. The van der Waals surface area contributed by atoms with Gasteiger partial charge in [-0.3, -0.25) is 0 Å². The van der Waals surface area contributed by atoms with Crippen molar-refractivity contribution in [3.8, 4) is 0 Å². The quantitative estimate of drug-likeness (QED) is 0.198. The SMILES string of the molecule is Cc1ccc2c3ccccc3c3ccccc3c2c1.Cc1ccc2ccc3cccc4ccc1c2c34. The molecule has 0 fully saturated rings. The molecule has 170 valence electrons. The van der Waals surface area contributed by atoms with Crippen molar-refractivity contribution in [1.82, 2.24) is 0 Å². The van der Waals surface area contributed by atoms with E-state index in [2.05, 4.69) is 135 Å². The van der Waals surface area contributed by atoms with Crippen molar-refractivity contribution in [1.29, 1.82) is 0 Å². The number of aryl methyl sites for hydroxylation is 2. The molecule has 8 rings (SSSR count). The monoisotopic (exact) mass is 458 g/mol. The van der Waals surface area contributed by atoms with Gasteiger partial charge in [-0.25, -0.2) is 0 Å². The lowest BCUT2D eigenvalue weighted by Gasteiger charge is -2.11. The first-order valence-electron chi connectivity index (χ1n) is 12.6. The molecule has 0 saturated carbocycles. The Morgan fingerprint density at radius 1 is 0.333 bits per heavy atom. The minimum Gasteiger partial charge on any atom is -0.0616 e. The second-order valence-corrected chi connectivity index (χ2v) is 9.88. The highest BCUT2D eigenvalue weighted by molar-refractivity contribution is 6.25. The van der Waals surface area contributed by atoms with E-state index in [-0.39, 0.29) is 0 Å². The van der Waals surface area contributed by atoms with Crippen LogP contribution in [-0.2, 0) is 0 Å². The lowest BCUT2D eigenvalue weighted by atomic mass is 9.92. The van der Waals surface area contributed by atoms with Crippen LogP contribution >= 0.6 is 0 Å². The molecule has 0 aromatic heterocycles. The third kappa shape index (κ3) is 3.15. The molecule has 0 nitrogen and oxygen atoms in total. The fraction of sp³-hybridized carbons (Fsp3) is 0.0556. The van der Waals surface area contributed by atoms with Crippen molar-refractivity contribution >= 4 is 64.6 Å². The lowest BCUT2D eigenvalue weighted by Crippen LogP contribution is -1.85. The summed E-state index contributed by atoms with van der Waals surface area (Å²) in [5.41, 5.74) is 2.67. The van der Waals surface area contributed by atoms with Gasteiger partial charge >= 0.3 is 0 Å². The predicted octanol–water partition coefficient (Wildman–Crippen LogP) is 10.3. The smallest absolute Gasteiger partial charge is 0.00241 e. The number of fused-ring (bicyclic) bond motifs is 6. The minimum absolute atomic E-state index is 1.31. The van der Waals surface area contributed by atoms with Crippen LogP contribution in [0.3, 0.4) is 0 Å². The highest BCUT2D eigenvalue weighted by Gasteiger charge is 2.09. The first-order chi connectivity index (χ1) is 17.7. The van der Waals surface area contributed by atoms with Crippen LogP contribution in [0.5, 0.6) is 0 Å². The van der Waals surface area contributed by atoms with Crippen LogP contribution in [0.4, 0.5) is 0 Å². The van der Waals surface area contributed by atoms with Gasteiger partial charge in [0.2, 0.25) is 0 Å². The molecule has 36 heavy (non-hydrogen) atoms. The van der Waals surface area contributed by atoms with E-state index in [1.807, 2.05) is 0 Å². The maximum absolute atomic E-state index is 2.30. The molecule has 0 spiro atoms. The summed E-state index contributed by atoms with van der Waals surface area (Å²) in [4.78, 5) is 0. The zero-order valence-corrected chi connectivity index (χ0v) is 20.5. The number of hydrogen-bond acceptors (Lipinski definition) is 0. The molecular weight excluding hydrogens is 432 g/mol. The van der Waals surface area contributed by atoms with E-state index in [4.69, 9.17) is 0 Å². The summed E-state index contributed by atoms with van der Waals surface area (Å²) in [5.74, 6) is 0. The van der Waals surface area contributed by atoms with Crippen molar-refractivity contribution in [2.45, 2.75) is 13.8 Å². The van der Waals surface area contributed by atoms with E-state index < -0.39 is 0 Å². The van der Waals surface area contributed by atoms with Crippen LogP contribution in [0.1, 0.15) is 11.1 Å². The van der Waals surface area contributed by atoms with Gasteiger partial charge in [0.25, 0.3) is 0 Å². The maximum Gasteiger partial charge on any atom is -0.00241 e. The van der Waals surface area contributed by atoms with Gasteiger partial charge in [-0.2, -0.15) is 0 Å². The van der Waals surface area contributed by atoms with Gasteiger partial charge in [0.05, 0.1) is 0 Å². The first kappa shape index (κ1) is 20.9. The topological polar surface area (TPSA) is 0 Å². The standard InChI is InChI=1S/C19H14.C17H12/c1-13-10-11-18-16-8-3-2-6-14(16)15-7-4-5-9-17(15)19(18)12-13;1-11-5-6-14-8-7-12-3-2-4-13-9-10-15(11)17(14)16(12)13/h2-12H,1H3;2-10H,1H3. The molecule has 8 aromatic rings. The van der Waals surface area contributed by atoms with E-state index in [0.29, 0.717) is 0 Å². The fourth-order valence-electron chi connectivity index (χ4n) is 5.90. The first-order valence-corrected chi connectivity index (χ1v) is 12.6. The Hall–Kier alpha value is -4.42. The molecule has 0 atom stereocenters. The fourth-order valence-corrected chi connectivity index (χ4v) is 5.90. The molecule has 0 radical (unpaired) electrons. The molecule has 0 aliphatic rings. The lowest BCUT2D eigenvalue weighted by molar-refractivity contribution is 1.51. The largest absolute Gasteiger partial charge is 0.0616 e. The maximum atomic E-state index is 2.30. The molecule has 0 unspecified atom stereocenters. The van der Waals surface area contributed by atoms with E-state index in [1.165, 1.54) is 75.8 Å². The molecule has 0 aliphatic heterocycles. The van der Waals surface area contributed by atoms with E-state index in [0.717, 1.165) is 0 Å². The number of rotatable bonds is 0. The Labute approximate surface area is 210 Å². The van der Waals surface area contributed by atoms with E-state index >= 15 is 0 Å². The van der Waals surface area contributed by atoms with Gasteiger partial charge in [0.15, 0.2) is 0 Å². The average molecular weight is 459 g/mol. The predicted molar refractivity (Wildman–Crippen MR) is 159 cm³/mol. The van der Waals surface area contributed by atoms with Crippen molar-refractivity contribution in [3.05, 3.63) is 132 Å². The summed E-state index contributed by atoms with van der Waals surface area (Å²) in [6.07, 6.45) is 0. The highest BCUT2D eigenvalue weighted by Crippen LogP contribution is 2.36. The Balaban J connectivity index is 0.000000123. The molecule has 0 aliphatic carbocycles. The third-order valence-corrected chi connectivity index (χ3v) is 7.65. The van der Waals surface area contributed by atoms with Gasteiger partial charge in [0.1, 0.15) is 0 Å². The van der Waals surface area contributed by atoms with Gasteiger partial charge in [0, 0.05) is 0 Å². The van der Waals surface area contributed by atoms with Crippen LogP contribution in [-0.4, -0.2) is 0 Å². The van der Waals surface area contributed by atoms with E-state index in [9.17, 15) is 0 Å². The second kappa shape index (κ2) is 8.07. The molecule has 0 saturated heterocycles. The van der Waals surface area contributed by atoms with Crippen LogP contribution in [0, 0.1) is 13.8 Å². The molecular formula is C36H26. The number of hydrogen-bond donors (Lipinski definition) is 0. The van der Waals surface area contributed by atoms with Crippen LogP contribution in [0.25, 0.3) is 64.6 Å². The van der Waals surface area contributed by atoms with Gasteiger partial charge in [-0.1, -0.05) is 127 Å². The third-order valence-electron chi connectivity index (χ3n) is 7.65. The van der Waals surface area contributed by atoms with Gasteiger partial charge in [-0.05, 0) is 84.0 Å². The summed E-state index contributed by atoms with van der Waals surface area (Å²) in [7, 11) is 0. The average Bonchev–Trinajstić information content (AvgIpc) is 2.93. The normalized spacial score (nSPS) is 11.6. The van der Waals surface area contributed by atoms with Gasteiger partial charge in [-0.15, -0.1) is 0 Å². The van der Waals surface area contributed by atoms with Crippen LogP contribution in [0.2, 0.25) is 0 Å². The summed E-state index contributed by atoms with van der Waals surface area (Å²) < 4.78 is 0. The summed E-state index contributed by atoms with van der Waals surface area (Å²) >= 11 is 0. The van der Waals surface area contributed by atoms with Crippen molar-refractivity contribution in [2.75, 3.05) is 0 Å². The van der Waals surface area contributed by atoms with Crippen molar-refractivity contribution in [3.63, 3.8) is 0 Å². The Morgan fingerprint density at radius 3 is 1.44 bits per heavy atom. The van der Waals surface area contributed by atoms with Gasteiger partial charge < -0.3 is 0 Å². The summed E-state index contributed by atoms with van der Waals surface area (Å²) in [5, 5.41) is 16.3. The van der Waals surface area contributed by atoms with Crippen LogP contribution < -0.4 is 0 Å². The molecule has 0 N–H and O–H groups in total. The Morgan fingerprint density at radius 2 is 0.806 bits per heavy atom. The van der Waals surface area contributed by atoms with Crippen LogP contribution in [0.15, 0.2) is 121 Å². The molecule has 0 heteroatoms. The summed E-state index contributed by atoms with van der Waals surface area (Å²) in [6, 6.07) is 44.0. The Bertz CT molecular complexity index is 2010. The molecule has 0 bridgehead atoms. The van der Waals surface area contributed by atoms with E-state index in [1.54, 1.807) is 0 Å². The van der Waals surface area contributed by atoms with Crippen molar-refractivity contribution in [2.24, 2.45) is 0 Å². The molecule has 0 amide bonds. The number of benzene rings is 8.